The number of carbonyl (C=O) groups excluding carboxylic acids is 1. The molecule has 2 heteroatoms. The fraction of sp³-hybridized carbons (Fsp3) is 0.136. The van der Waals surface area contributed by atoms with Crippen LogP contribution in [0.3, 0.4) is 0 Å². The van der Waals surface area contributed by atoms with Crippen LogP contribution in [0.1, 0.15) is 22.6 Å². The van der Waals surface area contributed by atoms with Gasteiger partial charge in [0.05, 0.1) is 11.6 Å². The molecule has 2 nitrogen and oxygen atoms in total. The molecule has 0 saturated carbocycles. The third-order valence-corrected chi connectivity index (χ3v) is 4.77. The molecule has 3 aromatic rings. The van der Waals surface area contributed by atoms with Crippen LogP contribution in [-0.2, 0) is 11.2 Å². The summed E-state index contributed by atoms with van der Waals surface area (Å²) in [4.78, 5) is 15.1. The summed E-state index contributed by atoms with van der Waals surface area (Å²) in [6.07, 6.45) is 0.742. The van der Waals surface area contributed by atoms with Gasteiger partial charge in [-0.05, 0) is 48.2 Å². The van der Waals surface area contributed by atoms with Crippen molar-refractivity contribution in [2.24, 2.45) is 0 Å². The lowest BCUT2D eigenvalue weighted by atomic mass is 9.91. The van der Waals surface area contributed by atoms with Gasteiger partial charge in [0.15, 0.2) is 0 Å². The molecule has 3 aromatic carbocycles. The maximum absolute atomic E-state index is 13.2. The number of hydrogen-bond donors (Lipinski definition) is 0. The third-order valence-electron chi connectivity index (χ3n) is 4.77. The summed E-state index contributed by atoms with van der Waals surface area (Å²) in [6.45, 7) is 2.11. The van der Waals surface area contributed by atoms with Crippen molar-refractivity contribution in [3.05, 3.63) is 95.6 Å². The average molecular weight is 313 g/mol. The van der Waals surface area contributed by atoms with Crippen LogP contribution in [0.5, 0.6) is 0 Å². The lowest BCUT2D eigenvalue weighted by molar-refractivity contribution is -0.118. The fourth-order valence-corrected chi connectivity index (χ4v) is 3.49. The highest BCUT2D eigenvalue weighted by atomic mass is 16.2. The van der Waals surface area contributed by atoms with E-state index < -0.39 is 0 Å². The molecule has 0 unspecified atom stereocenters. The van der Waals surface area contributed by atoms with Crippen molar-refractivity contribution in [3.63, 3.8) is 0 Å². The molecule has 24 heavy (non-hydrogen) atoms. The molecule has 4 rings (SSSR count). The van der Waals surface area contributed by atoms with Gasteiger partial charge in [0.25, 0.3) is 0 Å². The number of fused-ring (bicyclic) bond motifs is 1. The fourth-order valence-electron chi connectivity index (χ4n) is 3.49. The van der Waals surface area contributed by atoms with Gasteiger partial charge in [-0.2, -0.15) is 0 Å². The van der Waals surface area contributed by atoms with Gasteiger partial charge in [-0.25, -0.2) is 0 Å². The van der Waals surface area contributed by atoms with Crippen molar-refractivity contribution in [1.82, 2.24) is 0 Å². The number of nitrogens with zero attached hydrogens (tertiary/aromatic N) is 1. The predicted molar refractivity (Wildman–Crippen MR) is 97.7 cm³/mol. The van der Waals surface area contributed by atoms with Crippen LogP contribution < -0.4 is 4.90 Å². The van der Waals surface area contributed by atoms with Gasteiger partial charge in [-0.1, -0.05) is 60.7 Å². The molecule has 0 N–H and O–H groups in total. The van der Waals surface area contributed by atoms with Gasteiger partial charge < -0.3 is 0 Å². The minimum Gasteiger partial charge on any atom is -0.280 e. The van der Waals surface area contributed by atoms with Crippen molar-refractivity contribution in [1.29, 1.82) is 0 Å². The zero-order valence-electron chi connectivity index (χ0n) is 13.6. The van der Waals surface area contributed by atoms with E-state index in [2.05, 4.69) is 25.1 Å². The van der Waals surface area contributed by atoms with E-state index in [1.54, 1.807) is 0 Å². The molecule has 0 saturated heterocycles. The Labute approximate surface area is 142 Å². The largest absolute Gasteiger partial charge is 0.280 e. The average Bonchev–Trinajstić information content (AvgIpc) is 2.90. The SMILES string of the molecule is Cc1ccccc1C[C@@H]1C(=O)N(c2ccccc2)c2ccccc21. The van der Waals surface area contributed by atoms with E-state index in [1.807, 2.05) is 65.6 Å². The van der Waals surface area contributed by atoms with E-state index in [9.17, 15) is 4.79 Å². The number of benzene rings is 3. The highest BCUT2D eigenvalue weighted by Gasteiger charge is 2.37. The van der Waals surface area contributed by atoms with Crippen molar-refractivity contribution >= 4 is 17.3 Å². The molecule has 1 amide bonds. The lowest BCUT2D eigenvalue weighted by Gasteiger charge is -2.18. The molecule has 0 aliphatic carbocycles. The van der Waals surface area contributed by atoms with Crippen molar-refractivity contribution in [3.8, 4) is 0 Å². The molecule has 118 valence electrons. The highest BCUT2D eigenvalue weighted by Crippen LogP contribution is 2.43. The Balaban J connectivity index is 1.77. The number of amides is 1. The molecule has 0 aromatic heterocycles. The molecule has 0 fully saturated rings. The monoisotopic (exact) mass is 313 g/mol. The molecule has 0 spiro atoms. The maximum atomic E-state index is 13.2. The number of para-hydroxylation sites is 2. The van der Waals surface area contributed by atoms with E-state index in [0.29, 0.717) is 0 Å². The summed E-state index contributed by atoms with van der Waals surface area (Å²) in [5, 5.41) is 0. The molecule has 1 aliphatic rings. The van der Waals surface area contributed by atoms with Crippen LogP contribution in [-0.4, -0.2) is 5.91 Å². The van der Waals surface area contributed by atoms with Gasteiger partial charge in [0.2, 0.25) is 5.91 Å². The summed E-state index contributed by atoms with van der Waals surface area (Å²) in [6, 6.07) is 26.4. The molecule has 1 aliphatic heterocycles. The first-order valence-electron chi connectivity index (χ1n) is 8.28. The van der Waals surface area contributed by atoms with Gasteiger partial charge >= 0.3 is 0 Å². The van der Waals surface area contributed by atoms with Crippen LogP contribution in [0.25, 0.3) is 0 Å². The Bertz CT molecular complexity index is 885. The molecule has 0 radical (unpaired) electrons. The van der Waals surface area contributed by atoms with E-state index in [1.165, 1.54) is 11.1 Å². The molecule has 1 atom stereocenters. The zero-order chi connectivity index (χ0) is 16.5. The highest BCUT2D eigenvalue weighted by molar-refractivity contribution is 6.10. The molecule has 1 heterocycles. The lowest BCUT2D eigenvalue weighted by Crippen LogP contribution is -2.24. The number of aryl methyl sites for hydroxylation is 1. The van der Waals surface area contributed by atoms with Crippen molar-refractivity contribution in [2.45, 2.75) is 19.3 Å². The van der Waals surface area contributed by atoms with Crippen LogP contribution in [0, 0.1) is 6.92 Å². The Morgan fingerprint density at radius 1 is 0.833 bits per heavy atom. The van der Waals surface area contributed by atoms with Gasteiger partial charge in [-0.3, -0.25) is 9.69 Å². The number of hydrogen-bond acceptors (Lipinski definition) is 1. The maximum Gasteiger partial charge on any atom is 0.239 e. The Morgan fingerprint density at radius 2 is 1.50 bits per heavy atom. The summed E-state index contributed by atoms with van der Waals surface area (Å²) >= 11 is 0. The minimum atomic E-state index is -0.123. The quantitative estimate of drug-likeness (QED) is 0.666. The first kappa shape index (κ1) is 14.7. The number of rotatable bonds is 3. The van der Waals surface area contributed by atoms with Crippen molar-refractivity contribution in [2.75, 3.05) is 4.90 Å². The normalized spacial score (nSPS) is 16.3. The van der Waals surface area contributed by atoms with E-state index >= 15 is 0 Å². The van der Waals surface area contributed by atoms with E-state index in [-0.39, 0.29) is 11.8 Å². The van der Waals surface area contributed by atoms with Gasteiger partial charge in [0, 0.05) is 5.69 Å². The predicted octanol–water partition coefficient (Wildman–Crippen LogP) is 5.00. The summed E-state index contributed by atoms with van der Waals surface area (Å²) < 4.78 is 0. The smallest absolute Gasteiger partial charge is 0.239 e. The second-order valence-corrected chi connectivity index (χ2v) is 6.25. The van der Waals surface area contributed by atoms with Crippen LogP contribution in [0.2, 0.25) is 0 Å². The molecular weight excluding hydrogens is 294 g/mol. The van der Waals surface area contributed by atoms with E-state index in [4.69, 9.17) is 0 Å². The standard InChI is InChI=1S/C22H19NO/c1-16-9-5-6-10-17(16)15-20-19-13-7-8-14-21(19)23(22(20)24)18-11-3-2-4-12-18/h2-14,20H,15H2,1H3/t20-/m0/s1. The first-order valence-corrected chi connectivity index (χ1v) is 8.28. The van der Waals surface area contributed by atoms with Crippen LogP contribution in [0.15, 0.2) is 78.9 Å². The second kappa shape index (κ2) is 5.97. The summed E-state index contributed by atoms with van der Waals surface area (Å²) in [7, 11) is 0. The minimum absolute atomic E-state index is 0.123. The van der Waals surface area contributed by atoms with Gasteiger partial charge in [0.1, 0.15) is 0 Å². The zero-order valence-corrected chi connectivity index (χ0v) is 13.6. The Kier molecular flexibility index (Phi) is 3.66. The molecular formula is C22H19NO. The topological polar surface area (TPSA) is 20.3 Å². The Morgan fingerprint density at radius 3 is 2.29 bits per heavy atom. The number of carbonyl (C=O) groups is 1. The Hall–Kier alpha value is -2.87. The summed E-state index contributed by atoms with van der Waals surface area (Å²) in [5.41, 5.74) is 5.53. The first-order chi connectivity index (χ1) is 11.8. The van der Waals surface area contributed by atoms with Crippen LogP contribution in [0.4, 0.5) is 11.4 Å². The third kappa shape index (κ3) is 2.41. The molecule has 0 bridgehead atoms. The summed E-state index contributed by atoms with van der Waals surface area (Å²) in [5.74, 6) is 0.0353. The van der Waals surface area contributed by atoms with E-state index in [0.717, 1.165) is 23.4 Å². The van der Waals surface area contributed by atoms with Gasteiger partial charge in [-0.15, -0.1) is 0 Å². The van der Waals surface area contributed by atoms with Crippen LogP contribution >= 0.6 is 0 Å². The van der Waals surface area contributed by atoms with Crippen molar-refractivity contribution < 1.29 is 4.79 Å². The second-order valence-electron chi connectivity index (χ2n) is 6.25. The number of anilines is 2.